The molecule has 88 valence electrons. The van der Waals surface area contributed by atoms with Crippen LogP contribution in [-0.4, -0.2) is 36.3 Å². The first-order valence-corrected chi connectivity index (χ1v) is 5.26. The molecule has 1 aromatic carbocycles. The quantitative estimate of drug-likeness (QED) is 0.587. The standard InChI is InChI=1S/C11H13ClO4/c12-10(11(13)14)8-15-6-7-16-9-4-2-1-3-5-9/h1-5,10H,6-8H2,(H,13,14). The molecule has 1 rings (SSSR count). The number of hydrogen-bond acceptors (Lipinski definition) is 3. The summed E-state index contributed by atoms with van der Waals surface area (Å²) in [4.78, 5) is 10.3. The minimum absolute atomic E-state index is 0.0188. The highest BCUT2D eigenvalue weighted by Gasteiger charge is 2.12. The van der Waals surface area contributed by atoms with Crippen molar-refractivity contribution >= 4 is 17.6 Å². The van der Waals surface area contributed by atoms with Gasteiger partial charge in [-0.1, -0.05) is 18.2 Å². The van der Waals surface area contributed by atoms with Crippen LogP contribution in [0, 0.1) is 0 Å². The Kier molecular flexibility index (Phi) is 5.67. The van der Waals surface area contributed by atoms with Gasteiger partial charge in [0.15, 0.2) is 5.38 Å². The molecular weight excluding hydrogens is 232 g/mol. The smallest absolute Gasteiger partial charge is 0.324 e. The Balaban J connectivity index is 2.07. The van der Waals surface area contributed by atoms with Gasteiger partial charge in [-0.15, -0.1) is 11.6 Å². The zero-order valence-corrected chi connectivity index (χ0v) is 9.39. The van der Waals surface area contributed by atoms with Gasteiger partial charge < -0.3 is 14.6 Å². The summed E-state index contributed by atoms with van der Waals surface area (Å²) < 4.78 is 10.4. The molecular formula is C11H13ClO4. The average Bonchev–Trinajstić information content (AvgIpc) is 2.29. The number of rotatable bonds is 7. The molecule has 5 heteroatoms. The van der Waals surface area contributed by atoms with E-state index in [-0.39, 0.29) is 6.61 Å². The van der Waals surface area contributed by atoms with E-state index >= 15 is 0 Å². The Morgan fingerprint density at radius 2 is 2.00 bits per heavy atom. The molecule has 0 saturated heterocycles. The zero-order chi connectivity index (χ0) is 11.8. The van der Waals surface area contributed by atoms with Gasteiger partial charge in [-0.3, -0.25) is 4.79 Å². The first kappa shape index (κ1) is 12.8. The molecule has 0 spiro atoms. The van der Waals surface area contributed by atoms with Crippen LogP contribution in [0.1, 0.15) is 0 Å². The Morgan fingerprint density at radius 1 is 1.31 bits per heavy atom. The molecule has 0 aliphatic carbocycles. The Labute approximate surface area is 98.7 Å². The molecule has 0 amide bonds. The molecule has 4 nitrogen and oxygen atoms in total. The van der Waals surface area contributed by atoms with Gasteiger partial charge in [0.25, 0.3) is 0 Å². The summed E-state index contributed by atoms with van der Waals surface area (Å²) in [6.07, 6.45) is 0. The number of carbonyl (C=O) groups is 1. The second-order valence-corrected chi connectivity index (χ2v) is 3.57. The second-order valence-electron chi connectivity index (χ2n) is 3.04. The van der Waals surface area contributed by atoms with Crippen molar-refractivity contribution in [2.24, 2.45) is 0 Å². The van der Waals surface area contributed by atoms with Crippen LogP contribution < -0.4 is 4.74 Å². The van der Waals surface area contributed by atoms with Gasteiger partial charge >= 0.3 is 5.97 Å². The van der Waals surface area contributed by atoms with Crippen molar-refractivity contribution in [2.75, 3.05) is 19.8 Å². The molecule has 1 aromatic rings. The summed E-state index contributed by atoms with van der Waals surface area (Å²) in [5, 5.41) is 7.47. The van der Waals surface area contributed by atoms with Crippen LogP contribution in [-0.2, 0) is 9.53 Å². The lowest BCUT2D eigenvalue weighted by molar-refractivity contribution is -0.137. The SMILES string of the molecule is O=C(O)C(Cl)COCCOc1ccccc1. The number of alkyl halides is 1. The zero-order valence-electron chi connectivity index (χ0n) is 8.64. The van der Waals surface area contributed by atoms with E-state index in [0.29, 0.717) is 13.2 Å². The molecule has 1 unspecified atom stereocenters. The van der Waals surface area contributed by atoms with Crippen LogP contribution in [0.5, 0.6) is 5.75 Å². The summed E-state index contributed by atoms with van der Waals surface area (Å²) in [7, 11) is 0. The number of carboxylic acid groups (broad SMARTS) is 1. The lowest BCUT2D eigenvalue weighted by Crippen LogP contribution is -2.21. The fourth-order valence-electron chi connectivity index (χ4n) is 0.993. The van der Waals surface area contributed by atoms with E-state index in [1.54, 1.807) is 0 Å². The van der Waals surface area contributed by atoms with Crippen molar-refractivity contribution in [2.45, 2.75) is 5.38 Å². The van der Waals surface area contributed by atoms with Gasteiger partial charge in [-0.05, 0) is 12.1 Å². The summed E-state index contributed by atoms with van der Waals surface area (Å²) in [6, 6.07) is 9.31. The summed E-state index contributed by atoms with van der Waals surface area (Å²) in [5.41, 5.74) is 0. The van der Waals surface area contributed by atoms with Crippen LogP contribution in [0.25, 0.3) is 0 Å². The van der Waals surface area contributed by atoms with Crippen molar-refractivity contribution in [3.8, 4) is 5.75 Å². The molecule has 16 heavy (non-hydrogen) atoms. The molecule has 1 atom stereocenters. The monoisotopic (exact) mass is 244 g/mol. The third kappa shape index (κ3) is 5.00. The summed E-state index contributed by atoms with van der Waals surface area (Å²) in [5.74, 6) is -0.322. The Bertz CT molecular complexity index is 315. The van der Waals surface area contributed by atoms with Crippen LogP contribution in [0.4, 0.5) is 0 Å². The van der Waals surface area contributed by atoms with Crippen LogP contribution >= 0.6 is 11.6 Å². The molecule has 0 bridgehead atoms. The van der Waals surface area contributed by atoms with Crippen LogP contribution in [0.15, 0.2) is 30.3 Å². The van der Waals surface area contributed by atoms with Crippen molar-refractivity contribution in [3.05, 3.63) is 30.3 Å². The van der Waals surface area contributed by atoms with Gasteiger partial charge in [0.05, 0.1) is 13.2 Å². The van der Waals surface area contributed by atoms with E-state index in [2.05, 4.69) is 0 Å². The molecule has 0 aliphatic rings. The van der Waals surface area contributed by atoms with Crippen molar-refractivity contribution in [3.63, 3.8) is 0 Å². The maximum Gasteiger partial charge on any atom is 0.324 e. The lowest BCUT2D eigenvalue weighted by Gasteiger charge is -2.07. The molecule has 0 aromatic heterocycles. The third-order valence-electron chi connectivity index (χ3n) is 1.77. The Morgan fingerprint density at radius 3 is 2.62 bits per heavy atom. The van der Waals surface area contributed by atoms with E-state index in [4.69, 9.17) is 26.2 Å². The molecule has 0 radical (unpaired) electrons. The minimum Gasteiger partial charge on any atom is -0.491 e. The largest absolute Gasteiger partial charge is 0.491 e. The normalized spacial score (nSPS) is 12.1. The molecule has 0 fully saturated rings. The van der Waals surface area contributed by atoms with E-state index < -0.39 is 11.3 Å². The van der Waals surface area contributed by atoms with Crippen LogP contribution in [0.3, 0.4) is 0 Å². The maximum atomic E-state index is 10.3. The molecule has 0 aliphatic heterocycles. The lowest BCUT2D eigenvalue weighted by atomic mass is 10.3. The number of hydrogen-bond donors (Lipinski definition) is 1. The summed E-state index contributed by atoms with van der Waals surface area (Å²) >= 11 is 5.45. The molecule has 0 heterocycles. The highest BCUT2D eigenvalue weighted by Crippen LogP contribution is 2.07. The van der Waals surface area contributed by atoms with Crippen LogP contribution in [0.2, 0.25) is 0 Å². The summed E-state index contributed by atoms with van der Waals surface area (Å²) in [6.45, 7) is 0.660. The topological polar surface area (TPSA) is 55.8 Å². The highest BCUT2D eigenvalue weighted by atomic mass is 35.5. The van der Waals surface area contributed by atoms with Crippen molar-refractivity contribution in [1.82, 2.24) is 0 Å². The van der Waals surface area contributed by atoms with E-state index in [1.807, 2.05) is 30.3 Å². The molecule has 1 N–H and O–H groups in total. The van der Waals surface area contributed by atoms with Crippen molar-refractivity contribution in [1.29, 1.82) is 0 Å². The number of carboxylic acids is 1. The molecule has 0 saturated carbocycles. The number of ether oxygens (including phenoxy) is 2. The Hall–Kier alpha value is -1.26. The average molecular weight is 245 g/mol. The van der Waals surface area contributed by atoms with E-state index in [0.717, 1.165) is 5.75 Å². The first-order valence-electron chi connectivity index (χ1n) is 4.82. The number of aliphatic carboxylic acids is 1. The highest BCUT2D eigenvalue weighted by molar-refractivity contribution is 6.29. The van der Waals surface area contributed by atoms with E-state index in [1.165, 1.54) is 0 Å². The fraction of sp³-hybridized carbons (Fsp3) is 0.364. The predicted octanol–water partition coefficient (Wildman–Crippen LogP) is 1.77. The number of para-hydroxylation sites is 1. The van der Waals surface area contributed by atoms with Crippen molar-refractivity contribution < 1.29 is 19.4 Å². The van der Waals surface area contributed by atoms with Gasteiger partial charge in [0, 0.05) is 0 Å². The second kappa shape index (κ2) is 7.09. The predicted molar refractivity (Wildman–Crippen MR) is 60.0 cm³/mol. The van der Waals surface area contributed by atoms with E-state index in [9.17, 15) is 4.79 Å². The van der Waals surface area contributed by atoms with Gasteiger partial charge in [-0.2, -0.15) is 0 Å². The van der Waals surface area contributed by atoms with Gasteiger partial charge in [0.1, 0.15) is 12.4 Å². The minimum atomic E-state index is -1.08. The van der Waals surface area contributed by atoms with Gasteiger partial charge in [-0.25, -0.2) is 0 Å². The van der Waals surface area contributed by atoms with Gasteiger partial charge in [0.2, 0.25) is 0 Å². The third-order valence-corrected chi connectivity index (χ3v) is 2.08. The first-order chi connectivity index (χ1) is 7.70. The number of halogens is 1. The maximum absolute atomic E-state index is 10.3. The fourth-order valence-corrected chi connectivity index (χ4v) is 1.08. The number of benzene rings is 1.